The summed E-state index contributed by atoms with van der Waals surface area (Å²) in [7, 11) is 0. The number of nitriles is 1. The Hall–Kier alpha value is -0.590. The van der Waals surface area contributed by atoms with Crippen LogP contribution in [0.4, 0.5) is 0 Å². The number of aliphatic hydroxyl groups excluding tert-OH is 2. The molecule has 0 aliphatic heterocycles. The normalized spacial score (nSPS) is 19.9. The van der Waals surface area contributed by atoms with E-state index in [-0.39, 0.29) is 0 Å². The molecule has 3 atom stereocenters. The molecule has 3 heteroatoms. The standard InChI is InChI=1S/C6H11NO2/c1-4(3-7)6(9)5(2)8/h4-6,8-9H,1-2H3. The van der Waals surface area contributed by atoms with E-state index in [2.05, 4.69) is 0 Å². The van der Waals surface area contributed by atoms with Gasteiger partial charge in [0.05, 0.1) is 24.2 Å². The highest BCUT2D eigenvalue weighted by Gasteiger charge is 2.17. The minimum absolute atomic E-state index is 0.495. The van der Waals surface area contributed by atoms with Crippen molar-refractivity contribution in [3.05, 3.63) is 0 Å². The van der Waals surface area contributed by atoms with E-state index in [0.717, 1.165) is 0 Å². The summed E-state index contributed by atoms with van der Waals surface area (Å²) in [6, 6.07) is 1.84. The van der Waals surface area contributed by atoms with Crippen molar-refractivity contribution in [2.24, 2.45) is 5.92 Å². The van der Waals surface area contributed by atoms with Gasteiger partial charge < -0.3 is 10.2 Å². The summed E-state index contributed by atoms with van der Waals surface area (Å²) >= 11 is 0. The van der Waals surface area contributed by atoms with Crippen LogP contribution in [0.2, 0.25) is 0 Å². The fourth-order valence-electron chi connectivity index (χ4n) is 0.494. The zero-order valence-electron chi connectivity index (χ0n) is 5.57. The molecule has 52 valence electrons. The van der Waals surface area contributed by atoms with E-state index < -0.39 is 18.1 Å². The van der Waals surface area contributed by atoms with Crippen molar-refractivity contribution >= 4 is 0 Å². The van der Waals surface area contributed by atoms with Crippen LogP contribution in [-0.4, -0.2) is 22.4 Å². The Morgan fingerprint density at radius 2 is 1.78 bits per heavy atom. The largest absolute Gasteiger partial charge is 0.391 e. The molecule has 0 aromatic rings. The molecule has 0 radical (unpaired) electrons. The molecule has 0 spiro atoms. The number of hydrogen-bond donors (Lipinski definition) is 2. The van der Waals surface area contributed by atoms with E-state index in [4.69, 9.17) is 15.5 Å². The van der Waals surface area contributed by atoms with E-state index >= 15 is 0 Å². The topological polar surface area (TPSA) is 64.2 Å². The molecule has 3 unspecified atom stereocenters. The first-order valence-corrected chi connectivity index (χ1v) is 2.85. The lowest BCUT2D eigenvalue weighted by Crippen LogP contribution is -2.28. The fourth-order valence-corrected chi connectivity index (χ4v) is 0.494. The van der Waals surface area contributed by atoms with Crippen molar-refractivity contribution in [1.82, 2.24) is 0 Å². The third kappa shape index (κ3) is 2.45. The van der Waals surface area contributed by atoms with Crippen molar-refractivity contribution in [1.29, 1.82) is 5.26 Å². The third-order valence-electron chi connectivity index (χ3n) is 1.21. The van der Waals surface area contributed by atoms with Crippen molar-refractivity contribution in [3.8, 4) is 6.07 Å². The summed E-state index contributed by atoms with van der Waals surface area (Å²) < 4.78 is 0. The smallest absolute Gasteiger partial charge is 0.0951 e. The van der Waals surface area contributed by atoms with E-state index in [9.17, 15) is 0 Å². The van der Waals surface area contributed by atoms with Crippen LogP contribution in [0, 0.1) is 17.2 Å². The van der Waals surface area contributed by atoms with Crippen LogP contribution >= 0.6 is 0 Å². The third-order valence-corrected chi connectivity index (χ3v) is 1.21. The second kappa shape index (κ2) is 3.44. The van der Waals surface area contributed by atoms with Crippen LogP contribution in [0.25, 0.3) is 0 Å². The quantitative estimate of drug-likeness (QED) is 0.546. The molecule has 0 aliphatic carbocycles. The molecule has 2 N–H and O–H groups in total. The lowest BCUT2D eigenvalue weighted by Gasteiger charge is -2.14. The maximum Gasteiger partial charge on any atom is 0.0951 e. The van der Waals surface area contributed by atoms with E-state index in [0.29, 0.717) is 0 Å². The highest BCUT2D eigenvalue weighted by molar-refractivity contribution is 4.86. The molecular formula is C6H11NO2. The average Bonchev–Trinajstić information content (AvgIpc) is 1.84. The van der Waals surface area contributed by atoms with Crippen molar-refractivity contribution < 1.29 is 10.2 Å². The van der Waals surface area contributed by atoms with Gasteiger partial charge in [-0.05, 0) is 13.8 Å². The molecule has 0 bridgehead atoms. The van der Waals surface area contributed by atoms with Gasteiger partial charge >= 0.3 is 0 Å². The van der Waals surface area contributed by atoms with E-state index in [1.807, 2.05) is 6.07 Å². The Kier molecular flexibility index (Phi) is 3.21. The van der Waals surface area contributed by atoms with Gasteiger partial charge in [-0.2, -0.15) is 5.26 Å². The van der Waals surface area contributed by atoms with E-state index in [1.165, 1.54) is 6.92 Å². The van der Waals surface area contributed by atoms with Crippen LogP contribution in [0.5, 0.6) is 0 Å². The summed E-state index contributed by atoms with van der Waals surface area (Å²) in [5.74, 6) is -0.495. The number of aliphatic hydroxyl groups is 2. The summed E-state index contributed by atoms with van der Waals surface area (Å²) in [6.45, 7) is 3.02. The zero-order chi connectivity index (χ0) is 7.44. The highest BCUT2D eigenvalue weighted by Crippen LogP contribution is 2.04. The maximum absolute atomic E-state index is 8.92. The number of hydrogen-bond acceptors (Lipinski definition) is 3. The average molecular weight is 129 g/mol. The van der Waals surface area contributed by atoms with Crippen LogP contribution < -0.4 is 0 Å². The number of rotatable bonds is 2. The maximum atomic E-state index is 8.92. The number of nitrogens with zero attached hydrogens (tertiary/aromatic N) is 1. The molecule has 0 aliphatic rings. The van der Waals surface area contributed by atoms with E-state index in [1.54, 1.807) is 6.92 Å². The van der Waals surface area contributed by atoms with Crippen molar-refractivity contribution in [2.75, 3.05) is 0 Å². The zero-order valence-corrected chi connectivity index (χ0v) is 5.57. The summed E-state index contributed by atoms with van der Waals surface area (Å²) in [5.41, 5.74) is 0. The second-order valence-electron chi connectivity index (χ2n) is 2.15. The minimum atomic E-state index is -0.921. The minimum Gasteiger partial charge on any atom is -0.391 e. The molecule has 0 saturated heterocycles. The molecule has 0 rings (SSSR count). The Labute approximate surface area is 54.5 Å². The molecule has 0 amide bonds. The first-order chi connectivity index (χ1) is 4.09. The van der Waals surface area contributed by atoms with Gasteiger partial charge in [-0.3, -0.25) is 0 Å². The van der Waals surface area contributed by atoms with Gasteiger partial charge in [0.2, 0.25) is 0 Å². The van der Waals surface area contributed by atoms with Crippen LogP contribution in [0.15, 0.2) is 0 Å². The van der Waals surface area contributed by atoms with Crippen molar-refractivity contribution in [3.63, 3.8) is 0 Å². The highest BCUT2D eigenvalue weighted by atomic mass is 16.3. The van der Waals surface area contributed by atoms with Gasteiger partial charge in [0.15, 0.2) is 0 Å². The molecule has 0 saturated carbocycles. The lowest BCUT2D eigenvalue weighted by atomic mass is 10.0. The van der Waals surface area contributed by atoms with Crippen LogP contribution in [0.1, 0.15) is 13.8 Å². The first-order valence-electron chi connectivity index (χ1n) is 2.85. The molecule has 0 fully saturated rings. The first kappa shape index (κ1) is 8.41. The predicted molar refractivity (Wildman–Crippen MR) is 32.5 cm³/mol. The Morgan fingerprint density at radius 1 is 1.33 bits per heavy atom. The summed E-state index contributed by atoms with van der Waals surface area (Å²) in [5, 5.41) is 25.9. The van der Waals surface area contributed by atoms with Gasteiger partial charge in [-0.1, -0.05) is 0 Å². The molecule has 3 nitrogen and oxygen atoms in total. The summed E-state index contributed by atoms with van der Waals surface area (Å²) in [4.78, 5) is 0. The lowest BCUT2D eigenvalue weighted by molar-refractivity contribution is 0.0115. The van der Waals surface area contributed by atoms with Crippen LogP contribution in [0.3, 0.4) is 0 Å². The SMILES string of the molecule is CC(O)C(O)C(C)C#N. The predicted octanol–water partition coefficient (Wildman–Crippen LogP) is -0.112. The Balaban J connectivity index is 3.76. The van der Waals surface area contributed by atoms with Crippen LogP contribution in [-0.2, 0) is 0 Å². The fraction of sp³-hybridized carbons (Fsp3) is 0.833. The molecule has 0 aromatic carbocycles. The van der Waals surface area contributed by atoms with Gasteiger partial charge in [0.25, 0.3) is 0 Å². The molecule has 0 heterocycles. The molecule has 9 heavy (non-hydrogen) atoms. The van der Waals surface area contributed by atoms with Gasteiger partial charge in [0, 0.05) is 0 Å². The summed E-state index contributed by atoms with van der Waals surface area (Å²) in [6.07, 6.45) is -1.74. The van der Waals surface area contributed by atoms with Gasteiger partial charge in [-0.25, -0.2) is 0 Å². The second-order valence-corrected chi connectivity index (χ2v) is 2.15. The Morgan fingerprint density at radius 3 is 1.89 bits per heavy atom. The molecule has 0 aromatic heterocycles. The molecular weight excluding hydrogens is 118 g/mol. The Bertz CT molecular complexity index is 117. The van der Waals surface area contributed by atoms with Gasteiger partial charge in [-0.15, -0.1) is 0 Å². The van der Waals surface area contributed by atoms with Gasteiger partial charge in [0.1, 0.15) is 0 Å². The monoisotopic (exact) mass is 129 g/mol. The van der Waals surface area contributed by atoms with Crippen molar-refractivity contribution in [2.45, 2.75) is 26.1 Å².